The first-order chi connectivity index (χ1) is 10.1. The molecule has 2 N–H and O–H groups in total. The molecule has 6 nitrogen and oxygen atoms in total. The van der Waals surface area contributed by atoms with Gasteiger partial charge in [0.15, 0.2) is 11.5 Å². The van der Waals surface area contributed by atoms with E-state index in [9.17, 15) is 4.79 Å². The van der Waals surface area contributed by atoms with Crippen LogP contribution in [0.3, 0.4) is 0 Å². The minimum absolute atomic E-state index is 0.115. The van der Waals surface area contributed by atoms with E-state index in [-0.39, 0.29) is 5.91 Å². The molecule has 0 saturated carbocycles. The van der Waals surface area contributed by atoms with Crippen LogP contribution in [-0.2, 0) is 0 Å². The van der Waals surface area contributed by atoms with Crippen LogP contribution in [0.25, 0.3) is 0 Å². The molecule has 1 aromatic rings. The summed E-state index contributed by atoms with van der Waals surface area (Å²) in [4.78, 5) is 13.8. The number of nitrogens with zero attached hydrogens (tertiary/aromatic N) is 1. The first kappa shape index (κ1) is 15.6. The van der Waals surface area contributed by atoms with Gasteiger partial charge < -0.3 is 14.4 Å². The quantitative estimate of drug-likeness (QED) is 0.774. The van der Waals surface area contributed by atoms with Crippen LogP contribution in [0, 0.1) is 0 Å². The van der Waals surface area contributed by atoms with Gasteiger partial charge in [0.1, 0.15) is 0 Å². The van der Waals surface area contributed by atoms with Gasteiger partial charge in [0.05, 0.1) is 46.9 Å². The number of rotatable bonds is 5. The Bertz CT molecular complexity index is 485. The van der Waals surface area contributed by atoms with Crippen molar-refractivity contribution >= 4 is 5.91 Å². The number of ether oxygens (including phenoxy) is 2. The van der Waals surface area contributed by atoms with Crippen LogP contribution in [0.15, 0.2) is 18.2 Å². The van der Waals surface area contributed by atoms with Crippen molar-refractivity contribution in [3.63, 3.8) is 0 Å². The van der Waals surface area contributed by atoms with Crippen LogP contribution in [-0.4, -0.2) is 57.9 Å². The van der Waals surface area contributed by atoms with E-state index >= 15 is 0 Å². The lowest BCUT2D eigenvalue weighted by Gasteiger charge is -2.30. The Morgan fingerprint density at radius 3 is 2.67 bits per heavy atom. The highest BCUT2D eigenvalue weighted by Gasteiger charge is 2.19. The molecule has 2 rings (SSSR count). The van der Waals surface area contributed by atoms with Gasteiger partial charge in [-0.05, 0) is 25.1 Å². The second-order valence-electron chi connectivity index (χ2n) is 5.18. The lowest BCUT2D eigenvalue weighted by atomic mass is 10.2. The fraction of sp³-hybridized carbons (Fsp3) is 0.533. The Morgan fingerprint density at radius 1 is 1.33 bits per heavy atom. The molecule has 0 unspecified atom stereocenters. The van der Waals surface area contributed by atoms with Gasteiger partial charge in [0.2, 0.25) is 0 Å². The summed E-state index contributed by atoms with van der Waals surface area (Å²) in [7, 11) is 3.74. The van der Waals surface area contributed by atoms with Gasteiger partial charge in [0.25, 0.3) is 5.91 Å². The van der Waals surface area contributed by atoms with Crippen LogP contribution in [0.1, 0.15) is 17.3 Å². The fourth-order valence-electron chi connectivity index (χ4n) is 2.29. The van der Waals surface area contributed by atoms with E-state index in [1.54, 1.807) is 25.3 Å². The zero-order chi connectivity index (χ0) is 15.2. The zero-order valence-electron chi connectivity index (χ0n) is 12.9. The van der Waals surface area contributed by atoms with E-state index in [0.717, 1.165) is 26.2 Å². The number of benzene rings is 1. The molecule has 1 heterocycles. The van der Waals surface area contributed by atoms with Crippen LogP contribution in [0.5, 0.6) is 11.5 Å². The molecule has 1 aromatic carbocycles. The Morgan fingerprint density at radius 2 is 2.05 bits per heavy atom. The molecule has 0 radical (unpaired) electrons. The molecule has 0 bridgehead atoms. The monoisotopic (exact) mass is 294 g/mol. The molecule has 21 heavy (non-hydrogen) atoms. The van der Waals surface area contributed by atoms with Gasteiger partial charge >= 0.3 is 0 Å². The molecule has 1 aliphatic heterocycles. The van der Waals surface area contributed by atoms with Crippen molar-refractivity contribution in [1.29, 1.82) is 0 Å². The van der Waals surface area contributed by atoms with Gasteiger partial charge in [-0.15, -0.1) is 0 Å². The molecular formula is C15H24N3O3+. The molecule has 1 fully saturated rings. The maximum atomic E-state index is 12.3. The Hall–Kier alpha value is -1.79. The molecule has 1 saturated heterocycles. The Kier molecular flexibility index (Phi) is 5.41. The zero-order valence-corrected chi connectivity index (χ0v) is 12.9. The number of hydrogen-bond donors (Lipinski definition) is 2. The van der Waals surface area contributed by atoms with Crippen molar-refractivity contribution in [2.24, 2.45) is 0 Å². The summed E-state index contributed by atoms with van der Waals surface area (Å²) < 4.78 is 10.7. The summed E-state index contributed by atoms with van der Waals surface area (Å²) in [6, 6.07) is 5.23. The van der Waals surface area contributed by atoms with Gasteiger partial charge in [-0.25, -0.2) is 5.01 Å². The number of nitrogens with one attached hydrogen (secondary N) is 2. The fourth-order valence-corrected chi connectivity index (χ4v) is 2.29. The van der Waals surface area contributed by atoms with Gasteiger partial charge in [-0.2, -0.15) is 0 Å². The maximum Gasteiger partial charge on any atom is 0.265 e. The second-order valence-corrected chi connectivity index (χ2v) is 5.18. The smallest absolute Gasteiger partial charge is 0.265 e. The van der Waals surface area contributed by atoms with Crippen LogP contribution in [0.2, 0.25) is 0 Å². The molecule has 1 aliphatic rings. The minimum Gasteiger partial charge on any atom is -0.493 e. The number of carbonyl (C=O) groups excluding carboxylic acids is 1. The summed E-state index contributed by atoms with van der Waals surface area (Å²) in [6.07, 6.45) is 0. The molecule has 0 atom stereocenters. The highest BCUT2D eigenvalue weighted by Crippen LogP contribution is 2.27. The van der Waals surface area contributed by atoms with Crippen LogP contribution < -0.4 is 19.8 Å². The van der Waals surface area contributed by atoms with Crippen molar-refractivity contribution < 1.29 is 19.2 Å². The maximum absolute atomic E-state index is 12.3. The second kappa shape index (κ2) is 7.28. The van der Waals surface area contributed by atoms with E-state index in [0.29, 0.717) is 23.7 Å². The number of hydrogen-bond acceptors (Lipinski definition) is 4. The lowest BCUT2D eigenvalue weighted by Crippen LogP contribution is -3.12. The molecule has 0 spiro atoms. The third kappa shape index (κ3) is 4.09. The largest absolute Gasteiger partial charge is 0.493 e. The topological polar surface area (TPSA) is 55.2 Å². The summed E-state index contributed by atoms with van der Waals surface area (Å²) >= 11 is 0. The number of likely N-dealkylation sites (N-methyl/N-ethyl adjacent to an activating group) is 1. The predicted octanol–water partition coefficient (Wildman–Crippen LogP) is -0.431. The van der Waals surface area contributed by atoms with Gasteiger partial charge in [-0.1, -0.05) is 0 Å². The average molecular weight is 294 g/mol. The number of hydrazine groups is 1. The van der Waals surface area contributed by atoms with Crippen molar-refractivity contribution in [3.05, 3.63) is 23.8 Å². The lowest BCUT2D eigenvalue weighted by molar-refractivity contribution is -0.884. The van der Waals surface area contributed by atoms with Crippen molar-refractivity contribution in [2.45, 2.75) is 6.92 Å². The highest BCUT2D eigenvalue weighted by molar-refractivity contribution is 5.94. The standard InChI is InChI=1S/C15H23N3O3/c1-4-21-13-6-5-12(11-14(13)20-3)15(19)16-18-9-7-17(2)8-10-18/h5-6,11H,4,7-10H2,1-3H3,(H,16,19)/p+1. The molecule has 116 valence electrons. The average Bonchev–Trinajstić information content (AvgIpc) is 2.50. The highest BCUT2D eigenvalue weighted by atomic mass is 16.5. The summed E-state index contributed by atoms with van der Waals surface area (Å²) in [6.45, 7) is 6.28. The third-order valence-electron chi connectivity index (χ3n) is 3.60. The van der Waals surface area contributed by atoms with Crippen molar-refractivity contribution in [1.82, 2.24) is 10.4 Å². The number of amides is 1. The third-order valence-corrected chi connectivity index (χ3v) is 3.60. The first-order valence-electron chi connectivity index (χ1n) is 7.32. The van der Waals surface area contributed by atoms with E-state index in [1.165, 1.54) is 4.90 Å². The molecule has 0 aromatic heterocycles. The number of methoxy groups -OCH3 is 1. The molecule has 6 heteroatoms. The normalized spacial score (nSPS) is 16.5. The molecular weight excluding hydrogens is 270 g/mol. The minimum atomic E-state index is -0.115. The SMILES string of the molecule is CCOc1ccc(C(=O)NN2CC[NH+](C)CC2)cc1OC. The van der Waals surface area contributed by atoms with Gasteiger partial charge in [-0.3, -0.25) is 10.2 Å². The first-order valence-corrected chi connectivity index (χ1v) is 7.32. The summed E-state index contributed by atoms with van der Waals surface area (Å²) in [5.74, 6) is 1.11. The Balaban J connectivity index is 2.02. The predicted molar refractivity (Wildman–Crippen MR) is 79.8 cm³/mol. The van der Waals surface area contributed by atoms with E-state index in [1.807, 2.05) is 11.9 Å². The Labute approximate surface area is 125 Å². The van der Waals surface area contributed by atoms with Gasteiger partial charge in [0, 0.05) is 5.56 Å². The van der Waals surface area contributed by atoms with E-state index in [2.05, 4.69) is 12.5 Å². The van der Waals surface area contributed by atoms with Crippen LogP contribution in [0.4, 0.5) is 0 Å². The van der Waals surface area contributed by atoms with E-state index in [4.69, 9.17) is 9.47 Å². The van der Waals surface area contributed by atoms with Crippen molar-refractivity contribution in [3.8, 4) is 11.5 Å². The number of piperazine rings is 1. The summed E-state index contributed by atoms with van der Waals surface area (Å²) in [5.41, 5.74) is 3.51. The van der Waals surface area contributed by atoms with E-state index < -0.39 is 0 Å². The summed E-state index contributed by atoms with van der Waals surface area (Å²) in [5, 5.41) is 1.97. The molecule has 1 amide bonds. The number of quaternary nitrogens is 1. The number of carbonyl (C=O) groups is 1. The van der Waals surface area contributed by atoms with Crippen LogP contribution >= 0.6 is 0 Å². The van der Waals surface area contributed by atoms with Crippen molar-refractivity contribution in [2.75, 3.05) is 46.9 Å². The molecule has 0 aliphatic carbocycles.